The lowest BCUT2D eigenvalue weighted by Crippen LogP contribution is -2.59. The average molecular weight is 898 g/mol. The van der Waals surface area contributed by atoms with E-state index in [4.69, 9.17) is 0 Å². The maximum absolute atomic E-state index is 13.7. The van der Waals surface area contributed by atoms with E-state index in [1.54, 1.807) is 14.7 Å². The molecular formula is C45H57N18O3+3. The Morgan fingerprint density at radius 2 is 0.697 bits per heavy atom. The van der Waals surface area contributed by atoms with Crippen molar-refractivity contribution in [1.29, 1.82) is 0 Å². The third-order valence-electron chi connectivity index (χ3n) is 10.9. The van der Waals surface area contributed by atoms with E-state index in [1.807, 2.05) is 180 Å². The fraction of sp³-hybridized carbons (Fsp3) is 0.333. The van der Waals surface area contributed by atoms with Gasteiger partial charge in [0.2, 0.25) is 17.7 Å². The van der Waals surface area contributed by atoms with Gasteiger partial charge in [0.15, 0.2) is 0 Å². The molecule has 3 aromatic carbocycles. The van der Waals surface area contributed by atoms with Crippen molar-refractivity contribution in [3.63, 3.8) is 0 Å². The predicted molar refractivity (Wildman–Crippen MR) is 246 cm³/mol. The molecule has 1 aliphatic rings. The third-order valence-corrected chi connectivity index (χ3v) is 10.9. The highest BCUT2D eigenvalue weighted by Gasteiger charge is 2.31. The minimum atomic E-state index is -0.189. The smallest absolute Gasteiger partial charge is 0.385 e. The highest BCUT2D eigenvalue weighted by molar-refractivity contribution is 5.82. The number of anilines is 3. The average Bonchev–Trinajstić information content (AvgIpc) is 3.95. The van der Waals surface area contributed by atoms with E-state index in [9.17, 15) is 14.4 Å². The van der Waals surface area contributed by atoms with Gasteiger partial charge in [-0.1, -0.05) is 15.3 Å². The fourth-order valence-electron chi connectivity index (χ4n) is 7.06. The number of carbonyl (C=O) groups excluding carboxylic acids is 3. The van der Waals surface area contributed by atoms with E-state index in [-0.39, 0.29) is 57.0 Å². The molecule has 3 aromatic heterocycles. The summed E-state index contributed by atoms with van der Waals surface area (Å²) in [4.78, 5) is 45.8. The third kappa shape index (κ3) is 12.1. The van der Waals surface area contributed by atoms with E-state index >= 15 is 0 Å². The molecule has 4 heterocycles. The van der Waals surface area contributed by atoms with Crippen LogP contribution in [0, 0.1) is 0 Å². The molecule has 0 radical (unpaired) electrons. The summed E-state index contributed by atoms with van der Waals surface area (Å²) in [7, 11) is 11.4. The molecule has 0 aliphatic carbocycles. The van der Waals surface area contributed by atoms with Gasteiger partial charge >= 0.3 is 17.8 Å². The van der Waals surface area contributed by atoms with Crippen LogP contribution in [-0.4, -0.2) is 85.8 Å². The van der Waals surface area contributed by atoms with Crippen molar-refractivity contribution in [2.75, 3.05) is 55.6 Å². The zero-order valence-electron chi connectivity index (χ0n) is 38.2. The normalized spacial score (nSPS) is 13.1. The monoisotopic (exact) mass is 897 g/mol. The van der Waals surface area contributed by atoms with Gasteiger partial charge in [0.1, 0.15) is 17.1 Å². The first-order chi connectivity index (χ1) is 31.9. The molecule has 0 saturated carbocycles. The van der Waals surface area contributed by atoms with Gasteiger partial charge in [-0.15, -0.1) is 0 Å². The lowest BCUT2D eigenvalue weighted by atomic mass is 10.2. The first-order valence-corrected chi connectivity index (χ1v) is 21.5. The molecule has 3 N–H and O–H groups in total. The number of carbonyl (C=O) groups is 3. The van der Waals surface area contributed by atoms with Crippen molar-refractivity contribution < 1.29 is 28.1 Å². The molecule has 1 aliphatic heterocycles. The van der Waals surface area contributed by atoms with Crippen molar-refractivity contribution in [1.82, 2.24) is 28.4 Å². The number of azo groups is 3. The number of hydrogen-bond acceptors (Lipinski definition) is 12. The Morgan fingerprint density at radius 1 is 0.439 bits per heavy atom. The van der Waals surface area contributed by atoms with Gasteiger partial charge in [-0.3, -0.25) is 14.4 Å². The molecule has 342 valence electrons. The number of amides is 3. The fourth-order valence-corrected chi connectivity index (χ4v) is 7.06. The molecule has 7 rings (SSSR count). The molecule has 0 unspecified atom stereocenters. The molecular weight excluding hydrogens is 841 g/mol. The van der Waals surface area contributed by atoms with Gasteiger partial charge in [0.25, 0.3) is 0 Å². The Balaban J connectivity index is 0.927. The first-order valence-electron chi connectivity index (χ1n) is 21.5. The van der Waals surface area contributed by atoms with Crippen molar-refractivity contribution in [2.45, 2.75) is 19.3 Å². The van der Waals surface area contributed by atoms with Crippen LogP contribution in [0.3, 0.4) is 0 Å². The summed E-state index contributed by atoms with van der Waals surface area (Å²) in [6, 6.07) is 22.4. The maximum atomic E-state index is 13.7. The van der Waals surface area contributed by atoms with E-state index < -0.39 is 0 Å². The van der Waals surface area contributed by atoms with E-state index in [1.165, 1.54) is 0 Å². The van der Waals surface area contributed by atoms with Gasteiger partial charge in [0.05, 0.1) is 99.5 Å². The standard InChI is InChI=1S/C45H54N18O3/c1-55-25-26-56(2)43(55)52-49-37-13-7-34(8-14-37)46-22-19-40(64)61-31-62(41(65)20-23-47-35-9-15-38(16-10-35)50-53-44-57(3)27-28-58(44)4)33-63(32-61)42(66)21-24-48-36-11-17-39(18-12-36)51-54-45-59(5)29-30-60(45)6/h7-18,25-30H,19-24,31-33H2,1-6H3/p+3. The minimum Gasteiger partial charge on any atom is -0.385 e. The summed E-state index contributed by atoms with van der Waals surface area (Å²) in [6.07, 6.45) is 11.9. The predicted octanol–water partition coefficient (Wildman–Crippen LogP) is 5.60. The van der Waals surface area contributed by atoms with Crippen molar-refractivity contribution in [2.24, 2.45) is 73.0 Å². The molecule has 21 nitrogen and oxygen atoms in total. The number of aromatic nitrogens is 6. The number of nitrogens with one attached hydrogen (secondary N) is 3. The summed E-state index contributed by atoms with van der Waals surface area (Å²) in [5.74, 6) is 1.56. The van der Waals surface area contributed by atoms with Crippen molar-refractivity contribution in [3.05, 3.63) is 110 Å². The highest BCUT2D eigenvalue weighted by Crippen LogP contribution is 2.22. The number of rotatable bonds is 18. The SMILES string of the molecule is Cn1cc[n+](C)c1N=Nc1ccc(NCCC(=O)N2CN(C(=O)CCNc3ccc(N=Nc4n(C)cc[n+]4C)cc3)CN(C(=O)CCNc3ccc(N=Nc4n(C)cc[n+]4C)cc3)C2)cc1. The molecule has 0 atom stereocenters. The summed E-state index contributed by atoms with van der Waals surface area (Å²) >= 11 is 0. The Hall–Kier alpha value is -8.10. The molecule has 3 amide bonds. The number of benzene rings is 3. The lowest BCUT2D eigenvalue weighted by molar-refractivity contribution is -0.657. The van der Waals surface area contributed by atoms with Crippen LogP contribution in [0.15, 0.2) is 141 Å². The van der Waals surface area contributed by atoms with Gasteiger partial charge < -0.3 is 30.7 Å². The van der Waals surface area contributed by atoms with Gasteiger partial charge in [-0.25, -0.2) is 27.4 Å². The number of hydrogen-bond donors (Lipinski definition) is 3. The van der Waals surface area contributed by atoms with Crippen LogP contribution < -0.4 is 29.7 Å². The second kappa shape index (κ2) is 21.5. The van der Waals surface area contributed by atoms with Gasteiger partial charge in [-0.05, 0) is 72.8 Å². The molecule has 1 saturated heterocycles. The van der Waals surface area contributed by atoms with Gasteiger partial charge in [-0.2, -0.15) is 0 Å². The van der Waals surface area contributed by atoms with Crippen LogP contribution in [0.4, 0.5) is 52.0 Å². The zero-order chi connectivity index (χ0) is 46.6. The molecule has 66 heavy (non-hydrogen) atoms. The van der Waals surface area contributed by atoms with E-state index in [0.717, 1.165) is 17.1 Å². The highest BCUT2D eigenvalue weighted by atomic mass is 16.2. The molecule has 21 heteroatoms. The van der Waals surface area contributed by atoms with E-state index in [2.05, 4.69) is 46.6 Å². The summed E-state index contributed by atoms with van der Waals surface area (Å²) in [5.41, 5.74) is 4.52. The Bertz CT molecular complexity index is 2340. The second-order valence-electron chi connectivity index (χ2n) is 16.0. The topological polar surface area (TPSA) is 198 Å². The Kier molecular flexibility index (Phi) is 15.0. The van der Waals surface area contributed by atoms with Crippen LogP contribution in [0.1, 0.15) is 19.3 Å². The quantitative estimate of drug-likeness (QED) is 0.0742. The molecule has 0 bridgehead atoms. The zero-order valence-corrected chi connectivity index (χ0v) is 38.2. The van der Waals surface area contributed by atoms with E-state index in [0.29, 0.717) is 54.5 Å². The maximum Gasteiger partial charge on any atom is 0.421 e. The Morgan fingerprint density at radius 3 is 0.924 bits per heavy atom. The van der Waals surface area contributed by atoms with Gasteiger partial charge in [0, 0.05) is 71.3 Å². The summed E-state index contributed by atoms with van der Waals surface area (Å²) < 4.78 is 11.3. The van der Waals surface area contributed by atoms with Crippen LogP contribution in [0.25, 0.3) is 0 Å². The minimum absolute atomic E-state index is 0.0724. The van der Waals surface area contributed by atoms with Crippen LogP contribution >= 0.6 is 0 Å². The number of imidazole rings is 3. The molecule has 6 aromatic rings. The van der Waals surface area contributed by atoms with Crippen LogP contribution in [0.2, 0.25) is 0 Å². The van der Waals surface area contributed by atoms with Crippen LogP contribution in [0.5, 0.6) is 0 Å². The van der Waals surface area contributed by atoms with Crippen molar-refractivity contribution >= 4 is 69.7 Å². The number of nitrogens with zero attached hydrogens (tertiary/aromatic N) is 15. The largest absolute Gasteiger partial charge is 0.421 e. The van der Waals surface area contributed by atoms with Crippen LogP contribution in [-0.2, 0) is 56.7 Å². The van der Waals surface area contributed by atoms with Crippen molar-refractivity contribution in [3.8, 4) is 0 Å². The number of aryl methyl sites for hydroxylation is 6. The lowest BCUT2D eigenvalue weighted by Gasteiger charge is -2.42. The second-order valence-corrected chi connectivity index (χ2v) is 16.0. The first kappa shape index (κ1) is 45.9. The Labute approximate surface area is 383 Å². The summed E-state index contributed by atoms with van der Waals surface area (Å²) in [6.45, 7) is 1.26. The molecule has 0 spiro atoms. The molecule has 1 fully saturated rings. The summed E-state index contributed by atoms with van der Waals surface area (Å²) in [5, 5.41) is 35.9.